The van der Waals surface area contributed by atoms with Gasteiger partial charge in [0.2, 0.25) is 5.89 Å². The molecule has 0 N–H and O–H groups in total. The summed E-state index contributed by atoms with van der Waals surface area (Å²) in [6.07, 6.45) is 0.776. The summed E-state index contributed by atoms with van der Waals surface area (Å²) in [7, 11) is 0. The molecule has 1 aliphatic heterocycles. The monoisotopic (exact) mass is 418 g/mol. The highest BCUT2D eigenvalue weighted by molar-refractivity contribution is 6.35. The van der Waals surface area contributed by atoms with Crippen molar-refractivity contribution in [3.8, 4) is 11.5 Å². The van der Waals surface area contributed by atoms with Crippen LogP contribution >= 0.6 is 23.2 Å². The molecule has 1 aromatic heterocycles. The van der Waals surface area contributed by atoms with Crippen LogP contribution in [0.25, 0.3) is 22.6 Å². The summed E-state index contributed by atoms with van der Waals surface area (Å²) in [5, 5.41) is 1.00. The molecule has 0 bridgehead atoms. The SMILES string of the molecule is CC(C)N1CCC(OC(=O)c2ccc3nc(-c4cc(Cl)cc(Cl)c4)oc3c2)C1. The summed E-state index contributed by atoms with van der Waals surface area (Å²) in [5.74, 6) is 0.0505. The van der Waals surface area contributed by atoms with Crippen molar-refractivity contribution in [3.05, 3.63) is 52.0 Å². The van der Waals surface area contributed by atoms with E-state index in [1.807, 2.05) is 0 Å². The fraction of sp³-hybridized carbons (Fsp3) is 0.333. The topological polar surface area (TPSA) is 55.6 Å². The number of carbonyl (C=O) groups excluding carboxylic acids is 1. The minimum Gasteiger partial charge on any atom is -0.457 e. The van der Waals surface area contributed by atoms with Gasteiger partial charge in [-0.1, -0.05) is 23.2 Å². The van der Waals surface area contributed by atoms with Gasteiger partial charge in [-0.15, -0.1) is 0 Å². The lowest BCUT2D eigenvalue weighted by atomic mass is 10.2. The fourth-order valence-corrected chi connectivity index (χ4v) is 3.92. The Morgan fingerprint density at radius 1 is 1.21 bits per heavy atom. The third-order valence-electron chi connectivity index (χ3n) is 4.91. The second-order valence-corrected chi connectivity index (χ2v) is 8.14. The second kappa shape index (κ2) is 7.74. The van der Waals surface area contributed by atoms with E-state index in [4.69, 9.17) is 32.4 Å². The maximum Gasteiger partial charge on any atom is 0.338 e. The van der Waals surface area contributed by atoms with Crippen molar-refractivity contribution in [2.24, 2.45) is 0 Å². The number of aromatic nitrogens is 1. The average Bonchev–Trinajstić information content (AvgIpc) is 3.26. The minimum atomic E-state index is -0.346. The molecule has 1 atom stereocenters. The van der Waals surface area contributed by atoms with Gasteiger partial charge in [-0.05, 0) is 56.7 Å². The molecule has 0 aliphatic carbocycles. The molecule has 5 nitrogen and oxygen atoms in total. The van der Waals surface area contributed by atoms with Gasteiger partial charge in [0.15, 0.2) is 5.58 Å². The number of oxazole rings is 1. The summed E-state index contributed by atoms with van der Waals surface area (Å²) in [4.78, 5) is 19.3. The van der Waals surface area contributed by atoms with Crippen molar-refractivity contribution in [3.63, 3.8) is 0 Å². The molecular formula is C21H20Cl2N2O3. The standard InChI is InChI=1S/C21H20Cl2N2O3/c1-12(2)25-6-5-17(11-25)27-21(26)13-3-4-18-19(9-13)28-20(24-18)14-7-15(22)10-16(23)8-14/h3-4,7-10,12,17H,5-6,11H2,1-2H3. The molecule has 1 saturated heterocycles. The normalized spacial score (nSPS) is 17.5. The third kappa shape index (κ3) is 4.02. The van der Waals surface area contributed by atoms with Gasteiger partial charge in [-0.25, -0.2) is 9.78 Å². The van der Waals surface area contributed by atoms with Gasteiger partial charge < -0.3 is 9.15 Å². The van der Waals surface area contributed by atoms with Gasteiger partial charge in [-0.3, -0.25) is 4.90 Å². The number of halogens is 2. The van der Waals surface area contributed by atoms with E-state index in [1.54, 1.807) is 36.4 Å². The van der Waals surface area contributed by atoms with Gasteiger partial charge in [0.25, 0.3) is 0 Å². The van der Waals surface area contributed by atoms with Crippen LogP contribution in [0.4, 0.5) is 0 Å². The summed E-state index contributed by atoms with van der Waals surface area (Å²) in [5.41, 5.74) is 2.28. The molecule has 4 rings (SSSR count). The van der Waals surface area contributed by atoms with Gasteiger partial charge >= 0.3 is 5.97 Å². The average molecular weight is 419 g/mol. The zero-order valence-corrected chi connectivity index (χ0v) is 17.1. The lowest BCUT2D eigenvalue weighted by molar-refractivity contribution is 0.0315. The number of carbonyl (C=O) groups is 1. The zero-order valence-electron chi connectivity index (χ0n) is 15.6. The number of hydrogen-bond donors (Lipinski definition) is 0. The maximum absolute atomic E-state index is 12.5. The molecule has 28 heavy (non-hydrogen) atoms. The van der Waals surface area contributed by atoms with Crippen molar-refractivity contribution in [2.75, 3.05) is 13.1 Å². The summed E-state index contributed by atoms with van der Waals surface area (Å²) >= 11 is 12.1. The van der Waals surface area contributed by atoms with Crippen LogP contribution in [0.3, 0.4) is 0 Å². The molecule has 146 valence electrons. The zero-order chi connectivity index (χ0) is 19.8. The number of ether oxygens (including phenoxy) is 1. The Kier molecular flexibility index (Phi) is 5.32. The highest BCUT2D eigenvalue weighted by atomic mass is 35.5. The Bertz CT molecular complexity index is 1010. The molecule has 0 spiro atoms. The first-order chi connectivity index (χ1) is 13.4. The largest absolute Gasteiger partial charge is 0.457 e. The lowest BCUT2D eigenvalue weighted by Gasteiger charge is -2.20. The molecule has 0 radical (unpaired) electrons. The Balaban J connectivity index is 1.54. The van der Waals surface area contributed by atoms with Crippen LogP contribution in [-0.4, -0.2) is 41.1 Å². The molecule has 2 aromatic carbocycles. The quantitative estimate of drug-likeness (QED) is 0.527. The second-order valence-electron chi connectivity index (χ2n) is 7.26. The van der Waals surface area contributed by atoms with Crippen molar-refractivity contribution in [1.82, 2.24) is 9.88 Å². The van der Waals surface area contributed by atoms with E-state index in [0.717, 1.165) is 19.5 Å². The predicted molar refractivity (Wildman–Crippen MR) is 110 cm³/mol. The van der Waals surface area contributed by atoms with E-state index in [1.165, 1.54) is 0 Å². The maximum atomic E-state index is 12.5. The van der Waals surface area contributed by atoms with E-state index < -0.39 is 0 Å². The van der Waals surface area contributed by atoms with Crippen LogP contribution in [0.15, 0.2) is 40.8 Å². The summed E-state index contributed by atoms with van der Waals surface area (Å²) in [6.45, 7) is 6.01. The number of likely N-dealkylation sites (tertiary alicyclic amines) is 1. The van der Waals surface area contributed by atoms with Crippen LogP contribution in [0.5, 0.6) is 0 Å². The summed E-state index contributed by atoms with van der Waals surface area (Å²) < 4.78 is 11.5. The van der Waals surface area contributed by atoms with Crippen molar-refractivity contribution in [2.45, 2.75) is 32.4 Å². The van der Waals surface area contributed by atoms with E-state index >= 15 is 0 Å². The Labute approximate surface area is 173 Å². The molecular weight excluding hydrogens is 399 g/mol. The molecule has 2 heterocycles. The number of benzene rings is 2. The molecule has 3 aromatic rings. The van der Waals surface area contributed by atoms with Gasteiger partial charge in [0.1, 0.15) is 11.6 Å². The first kappa shape index (κ1) is 19.2. The number of nitrogens with zero attached hydrogens (tertiary/aromatic N) is 2. The first-order valence-corrected chi connectivity index (χ1v) is 9.97. The van der Waals surface area contributed by atoms with Crippen LogP contribution in [-0.2, 0) is 4.74 Å². The highest BCUT2D eigenvalue weighted by Crippen LogP contribution is 2.30. The number of fused-ring (bicyclic) bond motifs is 1. The van der Waals surface area contributed by atoms with Crippen LogP contribution in [0, 0.1) is 0 Å². The van der Waals surface area contributed by atoms with Crippen LogP contribution in [0.2, 0.25) is 10.0 Å². The van der Waals surface area contributed by atoms with Crippen LogP contribution in [0.1, 0.15) is 30.6 Å². The summed E-state index contributed by atoms with van der Waals surface area (Å²) in [6, 6.07) is 10.7. The molecule has 0 amide bonds. The number of esters is 1. The smallest absolute Gasteiger partial charge is 0.338 e. The lowest BCUT2D eigenvalue weighted by Crippen LogP contribution is -2.30. The van der Waals surface area contributed by atoms with Crippen LogP contribution < -0.4 is 0 Å². The van der Waals surface area contributed by atoms with E-state index in [-0.39, 0.29) is 12.1 Å². The Morgan fingerprint density at radius 2 is 1.96 bits per heavy atom. The van der Waals surface area contributed by atoms with E-state index in [0.29, 0.717) is 44.2 Å². The fourth-order valence-electron chi connectivity index (χ4n) is 3.39. The molecule has 7 heteroatoms. The van der Waals surface area contributed by atoms with Crippen molar-refractivity contribution in [1.29, 1.82) is 0 Å². The van der Waals surface area contributed by atoms with E-state index in [2.05, 4.69) is 23.7 Å². The molecule has 0 saturated carbocycles. The number of hydrogen-bond acceptors (Lipinski definition) is 5. The molecule has 1 aliphatic rings. The number of rotatable bonds is 4. The van der Waals surface area contributed by atoms with Gasteiger partial charge in [-0.2, -0.15) is 0 Å². The first-order valence-electron chi connectivity index (χ1n) is 9.21. The molecule has 1 unspecified atom stereocenters. The molecule has 1 fully saturated rings. The predicted octanol–water partition coefficient (Wildman–Crippen LogP) is 5.44. The van der Waals surface area contributed by atoms with Crippen molar-refractivity contribution < 1.29 is 13.9 Å². The minimum absolute atomic E-state index is 0.0792. The van der Waals surface area contributed by atoms with E-state index in [9.17, 15) is 4.79 Å². The van der Waals surface area contributed by atoms with Gasteiger partial charge in [0, 0.05) is 34.7 Å². The Hall–Kier alpha value is -2.08. The third-order valence-corrected chi connectivity index (χ3v) is 5.35. The Morgan fingerprint density at radius 3 is 2.64 bits per heavy atom. The van der Waals surface area contributed by atoms with Crippen molar-refractivity contribution >= 4 is 40.3 Å². The highest BCUT2D eigenvalue weighted by Gasteiger charge is 2.27. The van der Waals surface area contributed by atoms with Gasteiger partial charge in [0.05, 0.1) is 5.56 Å².